The van der Waals surface area contributed by atoms with Crippen molar-refractivity contribution in [3.63, 3.8) is 0 Å². The first kappa shape index (κ1) is 21.2. The molecule has 0 radical (unpaired) electrons. The highest BCUT2D eigenvalue weighted by Gasteiger charge is 2.26. The van der Waals surface area contributed by atoms with E-state index in [1.807, 2.05) is 23.1 Å². The van der Waals surface area contributed by atoms with Crippen LogP contribution in [0.4, 0.5) is 11.4 Å². The molecule has 1 aliphatic rings. The smallest absolute Gasteiger partial charge is 0.294 e. The maximum Gasteiger partial charge on any atom is 0.294 e. The molecule has 3 aromatic rings. The second-order valence-electron chi connectivity index (χ2n) is 6.64. The monoisotopic (exact) mass is 482 g/mol. The predicted octanol–water partition coefficient (Wildman–Crippen LogP) is 4.95. The van der Waals surface area contributed by atoms with E-state index in [1.54, 1.807) is 17.0 Å². The quantitative estimate of drug-likeness (QED) is 0.290. The number of halogens is 2. The van der Waals surface area contributed by atoms with Crippen molar-refractivity contribution in [2.75, 3.05) is 36.8 Å². The number of hydrogen-bond acceptors (Lipinski definition) is 7. The second kappa shape index (κ2) is 8.97. The van der Waals surface area contributed by atoms with E-state index in [0.717, 1.165) is 14.6 Å². The zero-order chi connectivity index (χ0) is 21.3. The first-order chi connectivity index (χ1) is 14.4. The number of nitrogens with zero attached hydrogens (tertiary/aromatic N) is 4. The van der Waals surface area contributed by atoms with E-state index < -0.39 is 4.92 Å². The number of piperazine rings is 1. The third-order valence-electron chi connectivity index (χ3n) is 4.76. The Bertz CT molecular complexity index is 1120. The highest BCUT2D eigenvalue weighted by atomic mass is 35.5. The Hall–Kier alpha value is -2.07. The molecule has 1 aromatic heterocycles. The average Bonchev–Trinajstić information content (AvgIpc) is 3.14. The van der Waals surface area contributed by atoms with E-state index in [1.165, 1.54) is 29.2 Å². The van der Waals surface area contributed by atoms with Crippen molar-refractivity contribution < 1.29 is 9.72 Å². The number of carbonyl (C=O) groups is 1. The van der Waals surface area contributed by atoms with Gasteiger partial charge in [-0.15, -0.1) is 11.3 Å². The fraction of sp³-hybridized carbons (Fsp3) is 0.263. The van der Waals surface area contributed by atoms with Gasteiger partial charge in [-0.2, -0.15) is 0 Å². The summed E-state index contributed by atoms with van der Waals surface area (Å²) in [4.78, 5) is 31.7. The minimum Gasteiger partial charge on any atom is -0.362 e. The van der Waals surface area contributed by atoms with Crippen molar-refractivity contribution >= 4 is 73.8 Å². The summed E-state index contributed by atoms with van der Waals surface area (Å²) < 4.78 is 1.86. The van der Waals surface area contributed by atoms with Crippen molar-refractivity contribution in [1.82, 2.24) is 9.88 Å². The molecule has 2 heterocycles. The molecule has 1 fully saturated rings. The Labute approximate surface area is 190 Å². The van der Waals surface area contributed by atoms with Gasteiger partial charge in [-0.05, 0) is 30.3 Å². The molecule has 2 aromatic carbocycles. The molecule has 4 rings (SSSR count). The summed E-state index contributed by atoms with van der Waals surface area (Å²) in [5.74, 6) is 0.330. The van der Waals surface area contributed by atoms with Crippen molar-refractivity contribution in [3.05, 3.63) is 56.6 Å². The Kier molecular flexibility index (Phi) is 6.33. The van der Waals surface area contributed by atoms with Crippen LogP contribution >= 0.6 is 46.3 Å². The van der Waals surface area contributed by atoms with E-state index in [-0.39, 0.29) is 11.6 Å². The van der Waals surface area contributed by atoms with Gasteiger partial charge < -0.3 is 9.80 Å². The fourth-order valence-electron chi connectivity index (χ4n) is 3.26. The van der Waals surface area contributed by atoms with Gasteiger partial charge in [0, 0.05) is 42.3 Å². The highest BCUT2D eigenvalue weighted by Crippen LogP contribution is 2.33. The van der Waals surface area contributed by atoms with E-state index in [0.29, 0.717) is 47.7 Å². The number of hydrogen-bond donors (Lipinski definition) is 0. The fourth-order valence-corrected chi connectivity index (χ4v) is 5.55. The van der Waals surface area contributed by atoms with Gasteiger partial charge in [-0.1, -0.05) is 35.0 Å². The van der Waals surface area contributed by atoms with Crippen LogP contribution in [0.1, 0.15) is 0 Å². The van der Waals surface area contributed by atoms with E-state index in [9.17, 15) is 14.9 Å². The third kappa shape index (κ3) is 4.64. The van der Waals surface area contributed by atoms with Gasteiger partial charge in [-0.3, -0.25) is 14.9 Å². The van der Waals surface area contributed by atoms with Crippen LogP contribution in [0.15, 0.2) is 40.7 Å². The zero-order valence-electron chi connectivity index (χ0n) is 15.6. The lowest BCUT2D eigenvalue weighted by molar-refractivity contribution is -0.384. The number of carbonyl (C=O) groups excluding carboxylic acids is 1. The largest absolute Gasteiger partial charge is 0.362 e. The number of thioether (sulfide) groups is 1. The molecule has 11 heteroatoms. The van der Waals surface area contributed by atoms with Crippen LogP contribution in [0.3, 0.4) is 0 Å². The molecule has 1 saturated heterocycles. The van der Waals surface area contributed by atoms with Crippen molar-refractivity contribution in [3.8, 4) is 0 Å². The number of nitro groups is 1. The van der Waals surface area contributed by atoms with Crippen molar-refractivity contribution in [1.29, 1.82) is 0 Å². The van der Waals surface area contributed by atoms with E-state index in [2.05, 4.69) is 4.98 Å². The average molecular weight is 483 g/mol. The van der Waals surface area contributed by atoms with Gasteiger partial charge in [0.1, 0.15) is 5.69 Å². The molecule has 0 atom stereocenters. The lowest BCUT2D eigenvalue weighted by Crippen LogP contribution is -2.49. The molecule has 0 N–H and O–H groups in total. The number of benzene rings is 2. The summed E-state index contributed by atoms with van der Waals surface area (Å²) in [6, 6.07) is 10.2. The molecule has 1 amide bonds. The van der Waals surface area contributed by atoms with E-state index >= 15 is 0 Å². The standard InChI is InChI=1S/C19H16Cl2N4O3S2/c20-12-2-4-17-14(9-12)22-19(30-17)29-11-18(26)24-7-5-23(6-8-24)15-3-1-13(21)10-16(15)25(27)28/h1-4,9-10H,5-8,11H2. The highest BCUT2D eigenvalue weighted by molar-refractivity contribution is 8.01. The predicted molar refractivity (Wildman–Crippen MR) is 122 cm³/mol. The summed E-state index contributed by atoms with van der Waals surface area (Å²) in [6.45, 7) is 2.07. The van der Waals surface area contributed by atoms with Crippen molar-refractivity contribution in [2.24, 2.45) is 0 Å². The normalized spacial score (nSPS) is 14.3. The molecule has 1 aliphatic heterocycles. The molecular formula is C19H16Cl2N4O3S2. The van der Waals surface area contributed by atoms with Crippen LogP contribution in [-0.2, 0) is 4.79 Å². The maximum absolute atomic E-state index is 12.6. The molecule has 0 aliphatic carbocycles. The molecule has 30 heavy (non-hydrogen) atoms. The molecule has 0 spiro atoms. The number of anilines is 1. The zero-order valence-corrected chi connectivity index (χ0v) is 18.7. The SMILES string of the molecule is O=C(CSc1nc2cc(Cl)ccc2s1)N1CCN(c2ccc(Cl)cc2[N+](=O)[O-])CC1. The van der Waals surface area contributed by atoms with Crippen LogP contribution < -0.4 is 4.90 Å². The summed E-state index contributed by atoms with van der Waals surface area (Å²) in [6.07, 6.45) is 0. The third-order valence-corrected chi connectivity index (χ3v) is 7.39. The molecule has 0 bridgehead atoms. The Morgan fingerprint density at radius 2 is 1.83 bits per heavy atom. The van der Waals surface area contributed by atoms with Gasteiger partial charge in [0.05, 0.1) is 20.9 Å². The molecular weight excluding hydrogens is 467 g/mol. The minimum atomic E-state index is -0.430. The first-order valence-corrected chi connectivity index (χ1v) is 11.6. The number of thiazole rings is 1. The lowest BCUT2D eigenvalue weighted by atomic mass is 10.2. The first-order valence-electron chi connectivity index (χ1n) is 9.06. The van der Waals surface area contributed by atoms with Gasteiger partial charge in [0.25, 0.3) is 5.69 Å². The van der Waals surface area contributed by atoms with Crippen LogP contribution in [0.2, 0.25) is 10.0 Å². The van der Waals surface area contributed by atoms with Gasteiger partial charge in [0.15, 0.2) is 4.34 Å². The Morgan fingerprint density at radius 1 is 1.13 bits per heavy atom. The van der Waals surface area contributed by atoms with Crippen LogP contribution in [0, 0.1) is 10.1 Å². The molecule has 0 saturated carbocycles. The number of aromatic nitrogens is 1. The second-order valence-corrected chi connectivity index (χ2v) is 9.76. The summed E-state index contributed by atoms with van der Waals surface area (Å²) in [5, 5.41) is 12.3. The summed E-state index contributed by atoms with van der Waals surface area (Å²) >= 11 is 14.8. The van der Waals surface area contributed by atoms with Crippen LogP contribution in [0.25, 0.3) is 10.2 Å². The number of nitro benzene ring substituents is 1. The Balaban J connectivity index is 1.34. The molecule has 0 unspecified atom stereocenters. The van der Waals surface area contributed by atoms with Crippen molar-refractivity contribution in [2.45, 2.75) is 4.34 Å². The maximum atomic E-state index is 12.6. The number of fused-ring (bicyclic) bond motifs is 1. The summed E-state index contributed by atoms with van der Waals surface area (Å²) in [5.41, 5.74) is 1.34. The van der Waals surface area contributed by atoms with Gasteiger partial charge in [-0.25, -0.2) is 4.98 Å². The van der Waals surface area contributed by atoms with Crippen LogP contribution in [0.5, 0.6) is 0 Å². The number of rotatable bonds is 5. The lowest BCUT2D eigenvalue weighted by Gasteiger charge is -2.35. The molecule has 156 valence electrons. The van der Waals surface area contributed by atoms with E-state index in [4.69, 9.17) is 23.2 Å². The minimum absolute atomic E-state index is 0.0197. The van der Waals surface area contributed by atoms with Gasteiger partial charge in [0.2, 0.25) is 5.91 Å². The summed E-state index contributed by atoms with van der Waals surface area (Å²) in [7, 11) is 0. The molecule has 7 nitrogen and oxygen atoms in total. The Morgan fingerprint density at radius 3 is 2.57 bits per heavy atom. The number of amides is 1. The van der Waals surface area contributed by atoms with Gasteiger partial charge >= 0.3 is 0 Å². The topological polar surface area (TPSA) is 79.6 Å². The van der Waals surface area contributed by atoms with Crippen LogP contribution in [-0.4, -0.2) is 52.6 Å².